The fourth-order valence-corrected chi connectivity index (χ4v) is 10.3. The van der Waals surface area contributed by atoms with Gasteiger partial charge in [-0.2, -0.15) is 0 Å². The minimum Gasteiger partial charge on any atom is -0.458 e. The maximum Gasteiger partial charge on any atom is 0.343 e. The average molecular weight is 527 g/mol. The molecule has 4 bridgehead atoms. The number of fused-ring (bicyclic) bond motifs is 5. The lowest BCUT2D eigenvalue weighted by atomic mass is 9.39. The van der Waals surface area contributed by atoms with Gasteiger partial charge >= 0.3 is 17.9 Å². The summed E-state index contributed by atoms with van der Waals surface area (Å²) >= 11 is 0. The third-order valence-corrected chi connectivity index (χ3v) is 12.0. The van der Waals surface area contributed by atoms with Crippen molar-refractivity contribution in [2.75, 3.05) is 6.61 Å². The van der Waals surface area contributed by atoms with Crippen LogP contribution in [-0.4, -0.2) is 75.1 Å². The van der Waals surface area contributed by atoms with Gasteiger partial charge in [-0.25, -0.2) is 9.59 Å². The van der Waals surface area contributed by atoms with E-state index in [4.69, 9.17) is 18.9 Å². The van der Waals surface area contributed by atoms with Crippen molar-refractivity contribution in [3.63, 3.8) is 0 Å². The maximum absolute atomic E-state index is 14.4. The zero-order valence-corrected chi connectivity index (χ0v) is 21.4. The summed E-state index contributed by atoms with van der Waals surface area (Å²) in [7, 11) is 0. The Kier molecular flexibility index (Phi) is 3.84. The van der Waals surface area contributed by atoms with E-state index in [2.05, 4.69) is 0 Å². The Labute approximate surface area is 218 Å². The van der Waals surface area contributed by atoms with E-state index in [9.17, 15) is 29.4 Å². The van der Waals surface area contributed by atoms with Crippen molar-refractivity contribution in [3.8, 4) is 0 Å². The van der Waals surface area contributed by atoms with Crippen LogP contribution in [0.2, 0.25) is 0 Å². The minimum absolute atomic E-state index is 0.0690. The molecule has 10 heteroatoms. The lowest BCUT2D eigenvalue weighted by Gasteiger charge is -2.67. The topological polar surface area (TPSA) is 146 Å². The van der Waals surface area contributed by atoms with Crippen LogP contribution < -0.4 is 0 Å². The first-order valence-electron chi connectivity index (χ1n) is 13.5. The fourth-order valence-electron chi connectivity index (χ4n) is 10.3. The number of aliphatic hydroxyl groups is 2. The van der Waals surface area contributed by atoms with Gasteiger partial charge in [0.25, 0.3) is 0 Å². The molecule has 0 aromatic heterocycles. The maximum atomic E-state index is 14.4. The van der Waals surface area contributed by atoms with Gasteiger partial charge in [-0.15, -0.1) is 0 Å². The van der Waals surface area contributed by atoms with Gasteiger partial charge in [0, 0.05) is 12.3 Å². The second-order valence-electron chi connectivity index (χ2n) is 13.3. The van der Waals surface area contributed by atoms with Gasteiger partial charge in [0.15, 0.2) is 11.2 Å². The number of carbonyl (C=O) groups excluding carboxylic acids is 4. The standard InChI is InChI=1S/C28H30O10/c1-23-10-18-25(3)28-20(23)27(22(33)38-28,35-11-16(23)19(31)36-18)15-5-4-12-8-13(29)9-17(30)24(12,2)14(15)6-7-26(28,34)21(32)37-25/h4-5,8,13-16,18,20,29,34H,6-7,9-11H2,1-3H3/t13-,14-,15-,16+,18-,20-,23-,24+,25+,26-,27+,28+/m1/s1. The molecule has 4 saturated heterocycles. The number of Topliss-reactive ketones (excluding diaryl/α,β-unsaturated/α-hetero) is 1. The van der Waals surface area contributed by atoms with Crippen molar-refractivity contribution in [2.45, 2.75) is 81.1 Å². The number of esters is 3. The Balaban J connectivity index is 1.45. The van der Waals surface area contributed by atoms with Crippen molar-refractivity contribution >= 4 is 23.7 Å². The molecule has 1 spiro atoms. The summed E-state index contributed by atoms with van der Waals surface area (Å²) < 4.78 is 24.5. The number of ether oxygens (including phenoxy) is 4. The molecule has 0 unspecified atom stereocenters. The van der Waals surface area contributed by atoms with Crippen LogP contribution in [-0.2, 0) is 38.1 Å². The van der Waals surface area contributed by atoms with E-state index in [1.165, 1.54) is 0 Å². The first-order valence-corrected chi connectivity index (χ1v) is 13.5. The molecule has 0 amide bonds. The molecule has 4 aliphatic heterocycles. The van der Waals surface area contributed by atoms with Crippen LogP contribution in [0.1, 0.15) is 46.5 Å². The van der Waals surface area contributed by atoms with Crippen LogP contribution in [0.25, 0.3) is 0 Å². The Morgan fingerprint density at radius 2 is 1.82 bits per heavy atom. The molecule has 0 aromatic carbocycles. The van der Waals surface area contributed by atoms with Crippen LogP contribution in [0, 0.1) is 34.5 Å². The second-order valence-corrected chi connectivity index (χ2v) is 13.3. The van der Waals surface area contributed by atoms with Crippen LogP contribution >= 0.6 is 0 Å². The molecule has 0 radical (unpaired) electrons. The molecule has 202 valence electrons. The summed E-state index contributed by atoms with van der Waals surface area (Å²) in [6.07, 6.45) is 3.83. The van der Waals surface area contributed by atoms with Gasteiger partial charge < -0.3 is 29.2 Å². The number of aliphatic hydroxyl groups excluding tert-OH is 1. The molecule has 2 saturated carbocycles. The molecule has 6 fully saturated rings. The van der Waals surface area contributed by atoms with Crippen molar-refractivity contribution < 1.29 is 48.3 Å². The Morgan fingerprint density at radius 3 is 2.58 bits per heavy atom. The van der Waals surface area contributed by atoms with E-state index in [0.29, 0.717) is 12.0 Å². The van der Waals surface area contributed by atoms with E-state index in [1.807, 2.05) is 19.9 Å². The highest BCUT2D eigenvalue weighted by Gasteiger charge is 2.95. The van der Waals surface area contributed by atoms with Crippen LogP contribution in [0.4, 0.5) is 0 Å². The zero-order valence-electron chi connectivity index (χ0n) is 21.4. The average Bonchev–Trinajstić information content (AvgIpc) is 3.22. The lowest BCUT2D eigenvalue weighted by Crippen LogP contribution is -2.82. The smallest absolute Gasteiger partial charge is 0.343 e. The molecule has 12 atom stereocenters. The molecule has 8 aliphatic rings. The summed E-state index contributed by atoms with van der Waals surface area (Å²) in [6.45, 7) is 5.21. The molecule has 4 heterocycles. The van der Waals surface area contributed by atoms with Crippen LogP contribution in [0.5, 0.6) is 0 Å². The molecule has 4 aliphatic carbocycles. The number of ketones is 1. The highest BCUT2D eigenvalue weighted by Crippen LogP contribution is 2.76. The van der Waals surface area contributed by atoms with E-state index in [1.54, 1.807) is 19.1 Å². The van der Waals surface area contributed by atoms with Gasteiger partial charge in [0.1, 0.15) is 11.9 Å². The third-order valence-electron chi connectivity index (χ3n) is 12.0. The van der Waals surface area contributed by atoms with Crippen molar-refractivity contribution in [1.82, 2.24) is 0 Å². The predicted molar refractivity (Wildman–Crippen MR) is 124 cm³/mol. The second kappa shape index (κ2) is 6.26. The number of hydrogen-bond acceptors (Lipinski definition) is 10. The first kappa shape index (κ1) is 23.3. The minimum atomic E-state index is -2.23. The van der Waals surface area contributed by atoms with E-state index in [0.717, 1.165) is 0 Å². The van der Waals surface area contributed by atoms with Crippen molar-refractivity contribution in [3.05, 3.63) is 23.8 Å². The van der Waals surface area contributed by atoms with Gasteiger partial charge in [-0.3, -0.25) is 9.59 Å². The van der Waals surface area contributed by atoms with E-state index >= 15 is 0 Å². The van der Waals surface area contributed by atoms with Gasteiger partial charge in [-0.05, 0) is 50.0 Å². The molecule has 2 N–H and O–H groups in total. The molecule has 8 rings (SSSR count). The molecular weight excluding hydrogens is 496 g/mol. The molecular formula is C28H30O10. The number of allylic oxidation sites excluding steroid dienone is 2. The quantitative estimate of drug-likeness (QED) is 0.339. The van der Waals surface area contributed by atoms with Gasteiger partial charge in [0.2, 0.25) is 11.2 Å². The third kappa shape index (κ3) is 1.98. The van der Waals surface area contributed by atoms with Crippen LogP contribution in [0.15, 0.2) is 23.8 Å². The highest BCUT2D eigenvalue weighted by atomic mass is 16.7. The van der Waals surface area contributed by atoms with Gasteiger partial charge in [0.05, 0.1) is 30.0 Å². The Morgan fingerprint density at radius 1 is 1.05 bits per heavy atom. The summed E-state index contributed by atoms with van der Waals surface area (Å²) in [4.78, 5) is 54.9. The SMILES string of the molecule is C[C@]12C(=O)C[C@H](O)C=C1C=C[C@@H]1[C@H]2CC[C@@]2(O)C(=O)O[C@@]3(C)[C@H]4C[C@@]5(C)[C@@H]6[C@]1(OC[C@H]5C(=O)O4)C(=O)O[C@]623. The monoisotopic (exact) mass is 526 g/mol. The van der Waals surface area contributed by atoms with Crippen LogP contribution in [0.3, 0.4) is 0 Å². The van der Waals surface area contributed by atoms with Gasteiger partial charge in [-0.1, -0.05) is 25.2 Å². The normalized spacial score (nSPS) is 59.0. The molecule has 38 heavy (non-hydrogen) atoms. The number of carbonyl (C=O) groups is 4. The van der Waals surface area contributed by atoms with Crippen molar-refractivity contribution in [2.24, 2.45) is 34.5 Å². The summed E-state index contributed by atoms with van der Waals surface area (Å²) in [5.74, 6) is -5.13. The predicted octanol–water partition coefficient (Wildman–Crippen LogP) is 0.528. The Hall–Kier alpha value is -2.56. The summed E-state index contributed by atoms with van der Waals surface area (Å²) in [5.41, 5.74) is -8.70. The zero-order chi connectivity index (χ0) is 26.8. The molecule has 10 nitrogen and oxygen atoms in total. The van der Waals surface area contributed by atoms with Crippen molar-refractivity contribution in [1.29, 1.82) is 0 Å². The lowest BCUT2D eigenvalue weighted by molar-refractivity contribution is -0.329. The number of hydrogen-bond donors (Lipinski definition) is 2. The highest BCUT2D eigenvalue weighted by molar-refractivity contribution is 5.95. The van der Waals surface area contributed by atoms with E-state index < -0.39 is 87.0 Å². The summed E-state index contributed by atoms with van der Waals surface area (Å²) in [6, 6.07) is 0. The largest absolute Gasteiger partial charge is 0.458 e. The number of rotatable bonds is 0. The van der Waals surface area contributed by atoms with E-state index in [-0.39, 0.29) is 31.7 Å². The fraction of sp³-hybridized carbons (Fsp3) is 0.714. The summed E-state index contributed by atoms with van der Waals surface area (Å²) in [5, 5.41) is 22.7. The molecule has 0 aromatic rings. The first-order chi connectivity index (χ1) is 17.8. The Bertz CT molecular complexity index is 1330.